The molecule has 132 valence electrons. The van der Waals surface area contributed by atoms with Crippen molar-refractivity contribution in [3.05, 3.63) is 0 Å². The normalized spacial score (nSPS) is 21.5. The number of carbonyl (C=O) groups excluding carboxylic acids is 1. The predicted molar refractivity (Wildman–Crippen MR) is 89.0 cm³/mol. The number of carbonyl (C=O) groups is 1. The molecular weight excluding hydrogens is 282 g/mol. The van der Waals surface area contributed by atoms with Crippen LogP contribution in [-0.4, -0.2) is 42.7 Å². The van der Waals surface area contributed by atoms with Crippen molar-refractivity contribution in [2.45, 2.75) is 78.4 Å². The number of amides is 1. The first-order valence-electron chi connectivity index (χ1n) is 8.49. The van der Waals surface area contributed by atoms with Crippen LogP contribution in [0.2, 0.25) is 0 Å². The molecule has 2 atom stereocenters. The van der Waals surface area contributed by atoms with Crippen molar-refractivity contribution in [1.29, 1.82) is 0 Å². The van der Waals surface area contributed by atoms with E-state index in [2.05, 4.69) is 12.2 Å². The molecule has 1 rings (SSSR count). The van der Waals surface area contributed by atoms with Crippen molar-refractivity contribution < 1.29 is 19.4 Å². The lowest BCUT2D eigenvalue weighted by molar-refractivity contribution is -0.0198. The van der Waals surface area contributed by atoms with Crippen molar-refractivity contribution in [1.82, 2.24) is 5.32 Å². The average molecular weight is 317 g/mol. The summed E-state index contributed by atoms with van der Waals surface area (Å²) in [5.41, 5.74) is -0.391. The molecule has 0 aromatic rings. The van der Waals surface area contributed by atoms with Crippen molar-refractivity contribution in [2.75, 3.05) is 19.8 Å². The highest BCUT2D eigenvalue weighted by Gasteiger charge is 2.21. The van der Waals surface area contributed by atoms with Crippen LogP contribution in [0.4, 0.5) is 4.79 Å². The van der Waals surface area contributed by atoms with E-state index in [1.54, 1.807) is 0 Å². The fraction of sp³-hybridized carbons (Fsp3) is 0.941. The van der Waals surface area contributed by atoms with Gasteiger partial charge in [-0.25, -0.2) is 4.79 Å². The third-order valence-corrected chi connectivity index (χ3v) is 3.37. The Balaban J connectivity index is 0.000000401. The van der Waals surface area contributed by atoms with Gasteiger partial charge < -0.3 is 19.9 Å². The molecule has 0 saturated heterocycles. The molecule has 0 aliphatic heterocycles. The number of hydrogen-bond donors (Lipinski definition) is 2. The molecule has 0 radical (unpaired) electrons. The van der Waals surface area contributed by atoms with Gasteiger partial charge in [0.05, 0.1) is 19.3 Å². The molecule has 22 heavy (non-hydrogen) atoms. The largest absolute Gasteiger partial charge is 0.444 e. The Morgan fingerprint density at radius 2 is 1.91 bits per heavy atom. The van der Waals surface area contributed by atoms with Gasteiger partial charge in [0.15, 0.2) is 0 Å². The summed E-state index contributed by atoms with van der Waals surface area (Å²) < 4.78 is 10.5. The highest BCUT2D eigenvalue weighted by molar-refractivity contribution is 5.67. The molecule has 5 heteroatoms. The molecule has 0 aromatic heterocycles. The predicted octanol–water partition coefficient (Wildman–Crippen LogP) is 3.50. The zero-order valence-electron chi connectivity index (χ0n) is 15.0. The van der Waals surface area contributed by atoms with Gasteiger partial charge in [-0.2, -0.15) is 0 Å². The molecule has 1 aliphatic carbocycles. The fourth-order valence-corrected chi connectivity index (χ4v) is 2.28. The van der Waals surface area contributed by atoms with E-state index in [0.717, 1.165) is 6.42 Å². The van der Waals surface area contributed by atoms with Crippen LogP contribution in [0.25, 0.3) is 0 Å². The van der Waals surface area contributed by atoms with Gasteiger partial charge in [0.1, 0.15) is 5.60 Å². The lowest BCUT2D eigenvalue weighted by Crippen LogP contribution is -2.32. The maximum atomic E-state index is 10.9. The molecule has 1 fully saturated rings. The second-order valence-electron chi connectivity index (χ2n) is 6.82. The van der Waals surface area contributed by atoms with Gasteiger partial charge in [0.2, 0.25) is 0 Å². The summed E-state index contributed by atoms with van der Waals surface area (Å²) in [6.45, 7) is 11.1. The fourth-order valence-electron chi connectivity index (χ4n) is 2.28. The molecular formula is C17H35NO4. The van der Waals surface area contributed by atoms with Crippen LogP contribution < -0.4 is 5.32 Å². The Bertz CT molecular complexity index is 289. The van der Waals surface area contributed by atoms with Crippen LogP contribution in [0.5, 0.6) is 0 Å². The summed E-state index contributed by atoms with van der Waals surface area (Å²) in [4.78, 5) is 10.9. The number of nitrogens with one attached hydrogen (secondary N) is 1. The first kappa shape index (κ1) is 21.2. The molecule has 1 aliphatic rings. The van der Waals surface area contributed by atoms with Gasteiger partial charge in [-0.05, 0) is 46.0 Å². The number of hydrogen-bond acceptors (Lipinski definition) is 4. The van der Waals surface area contributed by atoms with Crippen LogP contribution in [-0.2, 0) is 9.47 Å². The number of ether oxygens (including phenoxy) is 2. The smallest absolute Gasteiger partial charge is 0.407 e. The number of alkyl carbamates (subject to hydrolysis) is 1. The zero-order chi connectivity index (χ0) is 17.0. The molecule has 2 N–H and O–H groups in total. The zero-order valence-corrected chi connectivity index (χ0v) is 15.0. The first-order valence-corrected chi connectivity index (χ1v) is 8.49. The molecule has 1 saturated carbocycles. The van der Waals surface area contributed by atoms with Crippen molar-refractivity contribution in [2.24, 2.45) is 5.92 Å². The minimum Gasteiger partial charge on any atom is -0.444 e. The summed E-state index contributed by atoms with van der Waals surface area (Å²) in [6.07, 6.45) is 6.12. The second-order valence-corrected chi connectivity index (χ2v) is 6.82. The number of rotatable bonds is 5. The van der Waals surface area contributed by atoms with Crippen LogP contribution >= 0.6 is 0 Å². The Kier molecular flexibility index (Phi) is 11.3. The Labute approximate surface area is 135 Å². The highest BCUT2D eigenvalue weighted by Crippen LogP contribution is 2.25. The van der Waals surface area contributed by atoms with Crippen molar-refractivity contribution >= 4 is 6.09 Å². The van der Waals surface area contributed by atoms with Gasteiger partial charge in [-0.3, -0.25) is 0 Å². The number of aliphatic hydroxyl groups excluding tert-OH is 1. The summed E-state index contributed by atoms with van der Waals surface area (Å²) >= 11 is 0. The van der Waals surface area contributed by atoms with E-state index < -0.39 is 5.60 Å². The van der Waals surface area contributed by atoms with E-state index in [4.69, 9.17) is 14.6 Å². The van der Waals surface area contributed by atoms with Crippen molar-refractivity contribution in [3.63, 3.8) is 0 Å². The Morgan fingerprint density at radius 3 is 2.41 bits per heavy atom. The topological polar surface area (TPSA) is 67.8 Å². The quantitative estimate of drug-likeness (QED) is 0.814. The van der Waals surface area contributed by atoms with E-state index in [0.29, 0.717) is 25.2 Å². The van der Waals surface area contributed by atoms with Crippen LogP contribution in [0, 0.1) is 5.92 Å². The molecule has 5 nitrogen and oxygen atoms in total. The summed E-state index contributed by atoms with van der Waals surface area (Å²) in [7, 11) is 0. The van der Waals surface area contributed by atoms with Gasteiger partial charge >= 0.3 is 6.09 Å². The standard InChI is InChI=1S/C9H18O2.C8H17NO2/c1-8-4-2-3-5-9(8)11-7-6-10;1-5-6-9-7(10)11-8(2,3)4/h8-10H,2-7H2,1H3;5-6H2,1-4H3,(H,9,10). The molecule has 2 unspecified atom stereocenters. The summed E-state index contributed by atoms with van der Waals surface area (Å²) in [5, 5.41) is 11.2. The third-order valence-electron chi connectivity index (χ3n) is 3.37. The van der Waals surface area contributed by atoms with E-state index in [-0.39, 0.29) is 12.7 Å². The molecule has 0 bridgehead atoms. The maximum Gasteiger partial charge on any atom is 0.407 e. The lowest BCUT2D eigenvalue weighted by Gasteiger charge is -2.28. The van der Waals surface area contributed by atoms with Gasteiger partial charge in [0.25, 0.3) is 0 Å². The number of aliphatic hydroxyl groups is 1. The van der Waals surface area contributed by atoms with Crippen LogP contribution in [0.1, 0.15) is 66.7 Å². The minimum absolute atomic E-state index is 0.156. The van der Waals surface area contributed by atoms with Crippen LogP contribution in [0.15, 0.2) is 0 Å². The maximum absolute atomic E-state index is 10.9. The van der Waals surface area contributed by atoms with E-state index in [1.165, 1.54) is 25.7 Å². The Morgan fingerprint density at radius 1 is 1.27 bits per heavy atom. The molecule has 0 aromatic carbocycles. The molecule has 1 amide bonds. The first-order chi connectivity index (χ1) is 10.3. The average Bonchev–Trinajstić information content (AvgIpc) is 2.43. The van der Waals surface area contributed by atoms with Gasteiger partial charge in [-0.15, -0.1) is 0 Å². The van der Waals surface area contributed by atoms with Crippen molar-refractivity contribution in [3.8, 4) is 0 Å². The third kappa shape index (κ3) is 11.8. The summed E-state index contributed by atoms with van der Waals surface area (Å²) in [5.74, 6) is 0.690. The SMILES string of the molecule is CC1CCCCC1OCCO.CCCNC(=O)OC(C)(C)C. The van der Waals surface area contributed by atoms with Crippen LogP contribution in [0.3, 0.4) is 0 Å². The molecule has 0 spiro atoms. The molecule has 0 heterocycles. The van der Waals surface area contributed by atoms with E-state index >= 15 is 0 Å². The lowest BCUT2D eigenvalue weighted by atomic mass is 9.88. The van der Waals surface area contributed by atoms with Gasteiger partial charge in [-0.1, -0.05) is 26.7 Å². The minimum atomic E-state index is -0.391. The summed E-state index contributed by atoms with van der Waals surface area (Å²) in [6, 6.07) is 0. The monoisotopic (exact) mass is 317 g/mol. The highest BCUT2D eigenvalue weighted by atomic mass is 16.6. The Hall–Kier alpha value is -0.810. The van der Waals surface area contributed by atoms with E-state index in [1.807, 2.05) is 27.7 Å². The van der Waals surface area contributed by atoms with E-state index in [9.17, 15) is 4.79 Å². The second kappa shape index (κ2) is 11.7. The van der Waals surface area contributed by atoms with Gasteiger partial charge in [0, 0.05) is 6.54 Å².